The van der Waals surface area contributed by atoms with Gasteiger partial charge in [-0.05, 0) is 137 Å². The Balaban J connectivity index is 0.677. The summed E-state index contributed by atoms with van der Waals surface area (Å²) in [5.41, 5.74) is 11.6. The molecule has 6 aromatic rings. The van der Waals surface area contributed by atoms with Gasteiger partial charge in [-0.15, -0.1) is 10.2 Å². The van der Waals surface area contributed by atoms with Gasteiger partial charge in [-0.2, -0.15) is 5.10 Å². The molecule has 1 saturated heterocycles. The molecule has 520 valence electrons. The van der Waals surface area contributed by atoms with Gasteiger partial charge in [0.15, 0.2) is 22.5 Å². The van der Waals surface area contributed by atoms with Crippen LogP contribution in [0.5, 0.6) is 0 Å². The highest BCUT2D eigenvalue weighted by Gasteiger charge is 2.66. The standard InChI is InChI=1S/C71H89N15O11S/c1-44(2)59(79-56(87)23-30-95-31-26-84-57(88)21-22-58(84)89)64(91)76-53(13-9-24-73-66(72)94)63(90)75-48-17-15-47(16-18-48)36-86(27-32-96-33-28-86)29-34-97-71-40-68(5)37-69(6,41-71)39-70(38-68,42-71)43-85-46(4)51(35-74-85)50-19-20-55(78-60(50)65(92)93)83-25-10-11-49-45(3)61(81-82-62(49)83)80-67-77-52-12-7-8-14-54(52)98-67/h7-8,12,14-22,35,44,53,59H,9-11,13,23-34,36-43H2,1-6H3,(H7-,72,73,75,76,77,79,80,81,87,90,91,92,93,94)/p+1/t53-,59-,68-,69+,70?,71?/m0/s1. The van der Waals surface area contributed by atoms with Crippen molar-refractivity contribution in [2.45, 2.75) is 143 Å². The van der Waals surface area contributed by atoms with Crippen LogP contribution in [0.1, 0.15) is 125 Å². The summed E-state index contributed by atoms with van der Waals surface area (Å²) in [5, 5.41) is 40.4. The second-order valence-electron chi connectivity index (χ2n) is 29.0. The number of thiazole rings is 1. The fourth-order valence-electron chi connectivity index (χ4n) is 17.1. The second-order valence-corrected chi connectivity index (χ2v) is 30.0. The number of carbonyl (C=O) groups is 7. The number of imide groups is 1. The number of carbonyl (C=O) groups excluding carboxylic acids is 6. The number of urea groups is 1. The Morgan fingerprint density at radius 2 is 1.59 bits per heavy atom. The number of amides is 7. The van der Waals surface area contributed by atoms with Crippen molar-refractivity contribution in [2.75, 3.05) is 87.8 Å². The molecule has 27 heteroatoms. The van der Waals surface area contributed by atoms with Gasteiger partial charge in [-0.25, -0.2) is 19.6 Å². The van der Waals surface area contributed by atoms with Crippen LogP contribution in [-0.2, 0) is 57.7 Å². The molecule has 0 spiro atoms. The number of carboxylic acid groups (broad SMARTS) is 1. The lowest BCUT2D eigenvalue weighted by molar-refractivity contribution is -0.948. The molecule has 4 saturated carbocycles. The number of ether oxygens (including phenoxy) is 3. The highest BCUT2D eigenvalue weighted by molar-refractivity contribution is 7.22. The summed E-state index contributed by atoms with van der Waals surface area (Å²) in [5.74, 6) is -2.03. The highest BCUT2D eigenvalue weighted by Crippen LogP contribution is 2.72. The summed E-state index contributed by atoms with van der Waals surface area (Å²) >= 11 is 1.56. The van der Waals surface area contributed by atoms with E-state index in [1.54, 1.807) is 31.4 Å². The average molecular weight is 1360 g/mol. The summed E-state index contributed by atoms with van der Waals surface area (Å²) in [7, 11) is 0. The summed E-state index contributed by atoms with van der Waals surface area (Å²) in [4.78, 5) is 102. The van der Waals surface area contributed by atoms with Crippen LogP contribution in [0.4, 0.5) is 33.1 Å². The number of nitrogens with one attached hydrogen (secondary N) is 5. The van der Waals surface area contributed by atoms with E-state index in [1.165, 1.54) is 12.2 Å². The molecular weight excluding hydrogens is 1270 g/mol. The van der Waals surface area contributed by atoms with Gasteiger partial charge in [0.05, 0.1) is 61.6 Å². The van der Waals surface area contributed by atoms with Gasteiger partial charge in [-0.3, -0.25) is 33.6 Å². The molecule has 2 unspecified atom stereocenters. The van der Waals surface area contributed by atoms with Gasteiger partial charge in [0.1, 0.15) is 44.1 Å². The number of para-hydroxylation sites is 1. The molecule has 4 aliphatic carbocycles. The number of carboxylic acids is 1. The lowest BCUT2D eigenvalue weighted by atomic mass is 9.39. The number of aromatic carboxylic acids is 1. The topological polar surface area (TPSA) is 329 Å². The lowest BCUT2D eigenvalue weighted by Crippen LogP contribution is -2.65. The first-order valence-corrected chi connectivity index (χ1v) is 35.0. The highest BCUT2D eigenvalue weighted by atomic mass is 32.1. The van der Waals surface area contributed by atoms with Gasteiger partial charge >= 0.3 is 12.0 Å². The number of anilines is 5. The third-order valence-electron chi connectivity index (χ3n) is 20.6. The third kappa shape index (κ3) is 15.4. The van der Waals surface area contributed by atoms with Crippen molar-refractivity contribution in [3.8, 4) is 11.1 Å². The summed E-state index contributed by atoms with van der Waals surface area (Å²) in [6.07, 6.45) is 12.3. The van der Waals surface area contributed by atoms with Crippen molar-refractivity contribution in [1.82, 2.24) is 50.8 Å². The first-order valence-electron chi connectivity index (χ1n) is 34.1. The number of aromatic nitrogens is 6. The van der Waals surface area contributed by atoms with E-state index < -0.39 is 53.6 Å². The number of benzene rings is 2. The SMILES string of the molecule is Cc1c(Nc2nc3ccccc3s2)nnc2c1CCCN2c1ccc(-c2cnn(CC34CC5(OCC[N+]6(Cc7ccc(NC(=O)[C@H](CCCNC(N)=O)NC(=O)[C@@H](NC(=O)CCOCCN8C(=O)C=CC8=O)C(C)C)cc7)CCOCC6)C[C@](C)(C3)C[C@](C)(C4)C5)c2C)c(C(=O)O)n1. The molecule has 4 aromatic heterocycles. The van der Waals surface area contributed by atoms with Crippen molar-refractivity contribution >= 4 is 91.4 Å². The maximum Gasteiger partial charge on any atom is 0.355 e. The Kier molecular flexibility index (Phi) is 20.2. The quantitative estimate of drug-likeness (QED) is 0.0133. The molecule has 26 nitrogen and oxygen atoms in total. The van der Waals surface area contributed by atoms with E-state index in [2.05, 4.69) is 50.2 Å². The Morgan fingerprint density at radius 3 is 2.31 bits per heavy atom. The van der Waals surface area contributed by atoms with Crippen molar-refractivity contribution < 1.29 is 57.4 Å². The monoisotopic (exact) mass is 1360 g/mol. The summed E-state index contributed by atoms with van der Waals surface area (Å²) in [6.45, 7) is 19.0. The van der Waals surface area contributed by atoms with Gasteiger partial charge in [0.25, 0.3) is 11.8 Å². The predicted octanol–water partition coefficient (Wildman–Crippen LogP) is 8.02. The van der Waals surface area contributed by atoms with Crippen LogP contribution in [0.2, 0.25) is 0 Å². The third-order valence-corrected chi connectivity index (χ3v) is 21.6. The second kappa shape index (κ2) is 28.6. The van der Waals surface area contributed by atoms with Gasteiger partial charge in [0, 0.05) is 77.4 Å². The van der Waals surface area contributed by atoms with E-state index in [-0.39, 0.29) is 72.6 Å². The van der Waals surface area contributed by atoms with Gasteiger partial charge < -0.3 is 61.0 Å². The van der Waals surface area contributed by atoms with Gasteiger partial charge in [-0.1, -0.05) is 63.3 Å². The number of primary amides is 1. The molecule has 0 radical (unpaired) electrons. The molecule has 98 heavy (non-hydrogen) atoms. The minimum absolute atomic E-state index is 0.0124. The number of rotatable bonds is 29. The number of nitrogens with two attached hydrogens (primary N) is 1. The number of fused-ring (bicyclic) bond motifs is 2. The van der Waals surface area contributed by atoms with Crippen LogP contribution in [0, 0.1) is 36.0 Å². The summed E-state index contributed by atoms with van der Waals surface area (Å²) < 4.78 is 22.8. The Hall–Kier alpha value is -8.76. The minimum Gasteiger partial charge on any atom is -0.476 e. The number of hydrogen-bond donors (Lipinski definition) is 7. The molecule has 4 bridgehead atoms. The van der Waals surface area contributed by atoms with Crippen molar-refractivity contribution in [3.05, 3.63) is 107 Å². The molecule has 6 atom stereocenters. The molecular formula is C71H90N15O11S+. The Morgan fingerprint density at radius 1 is 0.847 bits per heavy atom. The predicted molar refractivity (Wildman–Crippen MR) is 368 cm³/mol. The summed E-state index contributed by atoms with van der Waals surface area (Å²) in [6, 6.07) is 16.7. The molecule has 5 fully saturated rings. The molecule has 2 aromatic carbocycles. The van der Waals surface area contributed by atoms with Crippen molar-refractivity contribution in [2.24, 2.45) is 27.9 Å². The average Bonchev–Trinajstić information content (AvgIpc) is 0.936. The number of nitrogens with zero attached hydrogens (tertiary/aromatic N) is 9. The molecule has 3 aliphatic heterocycles. The lowest BCUT2D eigenvalue weighted by Gasteiger charge is -2.69. The van der Waals surface area contributed by atoms with Crippen LogP contribution in [0.3, 0.4) is 0 Å². The van der Waals surface area contributed by atoms with E-state index in [1.807, 2.05) is 79.4 Å². The fourth-order valence-corrected chi connectivity index (χ4v) is 18.0. The molecule has 8 N–H and O–H groups in total. The van der Waals surface area contributed by atoms with Crippen molar-refractivity contribution in [3.63, 3.8) is 0 Å². The smallest absolute Gasteiger partial charge is 0.355 e. The van der Waals surface area contributed by atoms with Crippen LogP contribution < -0.4 is 37.2 Å². The zero-order valence-corrected chi connectivity index (χ0v) is 57.6. The largest absolute Gasteiger partial charge is 0.476 e. The number of pyridine rings is 1. The first kappa shape index (κ1) is 69.2. The zero-order chi connectivity index (χ0) is 69.2. The fraction of sp³-hybridized carbons (Fsp3) is 0.521. The zero-order valence-electron chi connectivity index (χ0n) is 56.7. The minimum atomic E-state index is -1.12. The maximum atomic E-state index is 14.1. The molecule has 7 amide bonds. The molecule has 7 heterocycles. The van der Waals surface area contributed by atoms with E-state index in [4.69, 9.17) is 40.1 Å². The Bertz CT molecular complexity index is 3980. The van der Waals surface area contributed by atoms with E-state index in [0.717, 1.165) is 130 Å². The van der Waals surface area contributed by atoms with E-state index in [9.17, 15) is 38.7 Å². The Labute approximate surface area is 573 Å². The molecule has 7 aliphatic rings. The van der Waals surface area contributed by atoms with E-state index in [0.29, 0.717) is 68.0 Å². The number of morpholine rings is 1. The van der Waals surface area contributed by atoms with Gasteiger partial charge in [0.2, 0.25) is 17.7 Å². The van der Waals surface area contributed by atoms with Crippen LogP contribution in [-0.4, -0.2) is 176 Å². The van der Waals surface area contributed by atoms with E-state index >= 15 is 0 Å². The van der Waals surface area contributed by atoms with Crippen molar-refractivity contribution in [1.29, 1.82) is 0 Å². The van der Waals surface area contributed by atoms with Crippen LogP contribution in [0.15, 0.2) is 79.0 Å². The van der Waals surface area contributed by atoms with Crippen LogP contribution in [0.25, 0.3) is 21.3 Å². The normalized spacial score (nSPS) is 22.8. The number of hydrogen-bond acceptors (Lipinski definition) is 18. The molecule has 13 rings (SSSR count). The maximum absolute atomic E-state index is 14.1. The first-order chi connectivity index (χ1) is 46.9. The number of quaternary nitrogens is 1. The van der Waals surface area contributed by atoms with Crippen LogP contribution >= 0.6 is 11.3 Å².